The highest BCUT2D eigenvalue weighted by Gasteiger charge is 2.16. The topological polar surface area (TPSA) is 44.8 Å². The molecular weight excluding hydrogens is 347 g/mol. The number of methoxy groups -OCH3 is 1. The molecule has 0 heterocycles. The first-order valence-corrected chi connectivity index (χ1v) is 6.58. The van der Waals surface area contributed by atoms with E-state index >= 15 is 0 Å². The first kappa shape index (κ1) is 15.1. The lowest BCUT2D eigenvalue weighted by molar-refractivity contribution is -0.157. The lowest BCUT2D eigenvalue weighted by Gasteiger charge is -2.19. The predicted octanol–water partition coefficient (Wildman–Crippen LogP) is 3.02. The van der Waals surface area contributed by atoms with Crippen LogP contribution < -0.4 is 9.47 Å². The molecule has 0 saturated heterocycles. The van der Waals surface area contributed by atoms with E-state index in [1.807, 2.05) is 26.8 Å². The van der Waals surface area contributed by atoms with E-state index < -0.39 is 5.60 Å². The molecule has 0 bridgehead atoms. The second kappa shape index (κ2) is 6.26. The van der Waals surface area contributed by atoms with Crippen LogP contribution in [0, 0.1) is 3.57 Å². The minimum atomic E-state index is -0.496. The van der Waals surface area contributed by atoms with E-state index in [9.17, 15) is 4.79 Å². The second-order valence-electron chi connectivity index (χ2n) is 4.67. The summed E-state index contributed by atoms with van der Waals surface area (Å²) in [5, 5.41) is 0. The van der Waals surface area contributed by atoms with Gasteiger partial charge in [-0.3, -0.25) is 0 Å². The summed E-state index contributed by atoms with van der Waals surface area (Å²) in [6.45, 7) is 5.34. The molecule has 4 nitrogen and oxygen atoms in total. The number of benzene rings is 1. The summed E-state index contributed by atoms with van der Waals surface area (Å²) in [7, 11) is 1.59. The van der Waals surface area contributed by atoms with Crippen molar-refractivity contribution in [3.63, 3.8) is 0 Å². The monoisotopic (exact) mass is 364 g/mol. The van der Waals surface area contributed by atoms with Gasteiger partial charge in [0.05, 0.1) is 10.7 Å². The van der Waals surface area contributed by atoms with Crippen LogP contribution in [0.4, 0.5) is 0 Å². The van der Waals surface area contributed by atoms with E-state index in [2.05, 4.69) is 22.6 Å². The molecule has 0 atom stereocenters. The van der Waals surface area contributed by atoms with Gasteiger partial charge in [0, 0.05) is 6.07 Å². The quantitative estimate of drug-likeness (QED) is 0.609. The van der Waals surface area contributed by atoms with Crippen molar-refractivity contribution in [1.29, 1.82) is 0 Å². The largest absolute Gasteiger partial charge is 0.496 e. The van der Waals surface area contributed by atoms with Crippen molar-refractivity contribution in [1.82, 2.24) is 0 Å². The second-order valence-corrected chi connectivity index (χ2v) is 5.83. The summed E-state index contributed by atoms with van der Waals surface area (Å²) < 4.78 is 16.7. The summed E-state index contributed by atoms with van der Waals surface area (Å²) >= 11 is 2.16. The fraction of sp³-hybridized carbons (Fsp3) is 0.462. The van der Waals surface area contributed by atoms with Gasteiger partial charge in [0.2, 0.25) is 0 Å². The van der Waals surface area contributed by atoms with Gasteiger partial charge in [-0.1, -0.05) is 0 Å². The molecule has 0 spiro atoms. The van der Waals surface area contributed by atoms with Crippen molar-refractivity contribution < 1.29 is 19.0 Å². The SMILES string of the molecule is COc1cc(OCC(=O)OC(C)(C)C)ccc1I. The molecule has 0 saturated carbocycles. The zero-order valence-electron chi connectivity index (χ0n) is 11.0. The Bertz CT molecular complexity index is 423. The summed E-state index contributed by atoms with van der Waals surface area (Å²) in [6, 6.07) is 5.39. The number of carbonyl (C=O) groups is 1. The van der Waals surface area contributed by atoms with Crippen molar-refractivity contribution >= 4 is 28.6 Å². The maximum Gasteiger partial charge on any atom is 0.344 e. The number of esters is 1. The maximum atomic E-state index is 11.5. The van der Waals surface area contributed by atoms with Gasteiger partial charge in [-0.05, 0) is 55.5 Å². The van der Waals surface area contributed by atoms with Crippen LogP contribution in [0.5, 0.6) is 11.5 Å². The minimum absolute atomic E-state index is 0.110. The zero-order valence-corrected chi connectivity index (χ0v) is 13.1. The highest BCUT2D eigenvalue weighted by molar-refractivity contribution is 14.1. The molecule has 5 heteroatoms. The molecule has 1 rings (SSSR count). The van der Waals surface area contributed by atoms with Crippen LogP contribution in [-0.4, -0.2) is 25.3 Å². The third-order valence-electron chi connectivity index (χ3n) is 1.90. The zero-order chi connectivity index (χ0) is 13.8. The number of rotatable bonds is 4. The molecule has 0 unspecified atom stereocenters. The maximum absolute atomic E-state index is 11.5. The van der Waals surface area contributed by atoms with E-state index in [0.717, 1.165) is 9.32 Å². The first-order chi connectivity index (χ1) is 8.31. The number of ether oxygens (including phenoxy) is 3. The van der Waals surface area contributed by atoms with Gasteiger partial charge in [-0.2, -0.15) is 0 Å². The lowest BCUT2D eigenvalue weighted by atomic mass is 10.2. The molecule has 0 radical (unpaired) electrons. The van der Waals surface area contributed by atoms with Crippen molar-refractivity contribution in [2.75, 3.05) is 13.7 Å². The Morgan fingerprint density at radius 1 is 1.33 bits per heavy atom. The van der Waals surface area contributed by atoms with Crippen LogP contribution in [0.1, 0.15) is 20.8 Å². The highest BCUT2D eigenvalue weighted by atomic mass is 127. The van der Waals surface area contributed by atoms with Crippen molar-refractivity contribution in [2.24, 2.45) is 0 Å². The number of hydrogen-bond acceptors (Lipinski definition) is 4. The Hall–Kier alpha value is -0.980. The fourth-order valence-electron chi connectivity index (χ4n) is 1.24. The lowest BCUT2D eigenvalue weighted by Crippen LogP contribution is -2.27. The Kier molecular flexibility index (Phi) is 5.25. The Morgan fingerprint density at radius 2 is 2.00 bits per heavy atom. The van der Waals surface area contributed by atoms with E-state index in [0.29, 0.717) is 5.75 Å². The molecular formula is C13H17IO4. The van der Waals surface area contributed by atoms with Gasteiger partial charge in [0.25, 0.3) is 0 Å². The van der Waals surface area contributed by atoms with E-state index in [1.165, 1.54) is 0 Å². The van der Waals surface area contributed by atoms with Gasteiger partial charge in [-0.15, -0.1) is 0 Å². The number of hydrogen-bond donors (Lipinski definition) is 0. The number of halogens is 1. The minimum Gasteiger partial charge on any atom is -0.496 e. The average Bonchev–Trinajstić information content (AvgIpc) is 2.25. The molecule has 0 fully saturated rings. The van der Waals surface area contributed by atoms with E-state index in [-0.39, 0.29) is 12.6 Å². The van der Waals surface area contributed by atoms with E-state index in [4.69, 9.17) is 14.2 Å². The van der Waals surface area contributed by atoms with Crippen molar-refractivity contribution in [3.05, 3.63) is 21.8 Å². The summed E-state index contributed by atoms with van der Waals surface area (Å²) in [6.07, 6.45) is 0. The van der Waals surface area contributed by atoms with Gasteiger partial charge in [0.1, 0.15) is 17.1 Å². The normalized spacial score (nSPS) is 10.9. The average molecular weight is 364 g/mol. The molecule has 0 amide bonds. The standard InChI is InChI=1S/C13H17IO4/c1-13(2,3)18-12(15)8-17-9-5-6-10(14)11(7-9)16-4/h5-7H,8H2,1-4H3. The molecule has 1 aromatic rings. The summed E-state index contributed by atoms with van der Waals surface area (Å²) in [4.78, 5) is 11.5. The highest BCUT2D eigenvalue weighted by Crippen LogP contribution is 2.25. The van der Waals surface area contributed by atoms with E-state index in [1.54, 1.807) is 19.2 Å². The molecule has 0 N–H and O–H groups in total. The van der Waals surface area contributed by atoms with Crippen LogP contribution in [0.2, 0.25) is 0 Å². The summed E-state index contributed by atoms with van der Waals surface area (Å²) in [5.41, 5.74) is -0.496. The van der Waals surface area contributed by atoms with Crippen LogP contribution in [-0.2, 0) is 9.53 Å². The van der Waals surface area contributed by atoms with Gasteiger partial charge in [-0.25, -0.2) is 4.79 Å². The Morgan fingerprint density at radius 3 is 2.56 bits per heavy atom. The molecule has 0 aromatic heterocycles. The van der Waals surface area contributed by atoms with Crippen molar-refractivity contribution in [3.8, 4) is 11.5 Å². The summed E-state index contributed by atoms with van der Waals surface area (Å²) in [5.74, 6) is 0.912. The van der Waals surface area contributed by atoms with Crippen LogP contribution in [0.3, 0.4) is 0 Å². The van der Waals surface area contributed by atoms with Gasteiger partial charge < -0.3 is 14.2 Å². The fourth-order valence-corrected chi connectivity index (χ4v) is 1.80. The smallest absolute Gasteiger partial charge is 0.344 e. The Labute approximate surface area is 121 Å². The van der Waals surface area contributed by atoms with Gasteiger partial charge >= 0.3 is 5.97 Å². The Balaban J connectivity index is 2.56. The molecule has 0 aliphatic carbocycles. The van der Waals surface area contributed by atoms with Gasteiger partial charge in [0.15, 0.2) is 6.61 Å². The molecule has 18 heavy (non-hydrogen) atoms. The van der Waals surface area contributed by atoms with Crippen molar-refractivity contribution in [2.45, 2.75) is 26.4 Å². The molecule has 100 valence electrons. The number of carbonyl (C=O) groups excluding carboxylic acids is 1. The first-order valence-electron chi connectivity index (χ1n) is 5.50. The van der Waals surface area contributed by atoms with Crippen LogP contribution in [0.15, 0.2) is 18.2 Å². The van der Waals surface area contributed by atoms with Crippen LogP contribution >= 0.6 is 22.6 Å². The molecule has 0 aliphatic heterocycles. The molecule has 0 aliphatic rings. The predicted molar refractivity (Wildman–Crippen MR) is 77.1 cm³/mol. The third-order valence-corrected chi connectivity index (χ3v) is 2.79. The molecule has 1 aromatic carbocycles. The van der Waals surface area contributed by atoms with Crippen LogP contribution in [0.25, 0.3) is 0 Å². The third kappa shape index (κ3) is 5.12.